The van der Waals surface area contributed by atoms with Gasteiger partial charge in [0.1, 0.15) is 5.01 Å². The molecule has 0 aliphatic carbocycles. The second kappa shape index (κ2) is 7.90. The minimum atomic E-state index is -3.10. The van der Waals surface area contributed by atoms with Crippen LogP contribution in [0.1, 0.15) is 18.5 Å². The molecule has 2 aliphatic heterocycles. The number of sulfone groups is 1. The topological polar surface area (TPSA) is 79.4 Å². The van der Waals surface area contributed by atoms with Crippen molar-refractivity contribution in [1.29, 1.82) is 0 Å². The van der Waals surface area contributed by atoms with Gasteiger partial charge in [0.25, 0.3) is 0 Å². The summed E-state index contributed by atoms with van der Waals surface area (Å²) < 4.78 is 25.3. The first kappa shape index (κ1) is 19.5. The second-order valence-electron chi connectivity index (χ2n) is 7.01. The van der Waals surface area contributed by atoms with Crippen molar-refractivity contribution in [1.82, 2.24) is 15.2 Å². The van der Waals surface area contributed by atoms with Gasteiger partial charge >= 0.3 is 0 Å². The number of nitrogens with zero attached hydrogens (tertiary/aromatic N) is 2. The third kappa shape index (κ3) is 4.61. The third-order valence-electron chi connectivity index (χ3n) is 4.95. The molecule has 0 spiro atoms. The van der Waals surface area contributed by atoms with E-state index < -0.39 is 9.84 Å². The maximum Gasteiger partial charge on any atom is 0.226 e. The number of hydrogen-bond donors (Lipinski definition) is 1. The van der Waals surface area contributed by atoms with Crippen molar-refractivity contribution < 1.29 is 13.2 Å². The van der Waals surface area contributed by atoms with E-state index >= 15 is 0 Å². The molecule has 2 aromatic heterocycles. The van der Waals surface area contributed by atoms with Crippen molar-refractivity contribution in [3.05, 3.63) is 27.0 Å². The lowest BCUT2D eigenvalue weighted by Crippen LogP contribution is -2.50. The number of likely N-dealkylation sites (tertiary alicyclic amines) is 1. The quantitative estimate of drug-likeness (QED) is 0.697. The van der Waals surface area contributed by atoms with Gasteiger partial charge in [0.05, 0.1) is 34.5 Å². The summed E-state index contributed by atoms with van der Waals surface area (Å²) in [6.07, 6.45) is 2.36. The van der Waals surface area contributed by atoms with Crippen LogP contribution in [0.5, 0.6) is 0 Å². The average Bonchev–Trinajstić information content (AvgIpc) is 3.34. The Bertz CT molecular complexity index is 934. The normalized spacial score (nSPS) is 25.1. The first-order chi connectivity index (χ1) is 12.9. The van der Waals surface area contributed by atoms with Gasteiger partial charge in [-0.25, -0.2) is 13.4 Å². The number of aromatic nitrogens is 1. The van der Waals surface area contributed by atoms with E-state index in [4.69, 9.17) is 0 Å². The monoisotopic (exact) mass is 489 g/mol. The standard InChI is InChI=1S/C17H20BrN3O3S3/c18-11-5-15(25-7-11)17-19-12(8-26-17)6-16(22)20-13-9-27(23,24)10-14(13)21-3-1-2-4-21/h5,7-8,13-14H,1-4,6,9-10H2,(H,20,22). The molecule has 0 bridgehead atoms. The van der Waals surface area contributed by atoms with Crippen LogP contribution in [0.3, 0.4) is 0 Å². The lowest BCUT2D eigenvalue weighted by atomic mass is 10.1. The lowest BCUT2D eigenvalue weighted by molar-refractivity contribution is -0.121. The number of carbonyl (C=O) groups is 1. The van der Waals surface area contributed by atoms with Gasteiger partial charge in [-0.2, -0.15) is 0 Å². The number of nitrogens with one attached hydrogen (secondary N) is 1. The summed E-state index contributed by atoms with van der Waals surface area (Å²) in [7, 11) is -3.10. The Morgan fingerprint density at radius 3 is 2.74 bits per heavy atom. The summed E-state index contributed by atoms with van der Waals surface area (Å²) in [5.41, 5.74) is 0.718. The van der Waals surface area contributed by atoms with Gasteiger partial charge in [-0.05, 0) is 47.9 Å². The molecule has 2 saturated heterocycles. The molecule has 0 aromatic carbocycles. The van der Waals surface area contributed by atoms with Crippen LogP contribution in [-0.4, -0.2) is 60.9 Å². The van der Waals surface area contributed by atoms with E-state index in [0.29, 0.717) is 0 Å². The molecule has 2 atom stereocenters. The van der Waals surface area contributed by atoms with Crippen molar-refractivity contribution in [2.45, 2.75) is 31.3 Å². The fourth-order valence-electron chi connectivity index (χ4n) is 3.75. The molecule has 10 heteroatoms. The number of rotatable bonds is 5. The molecule has 6 nitrogen and oxygen atoms in total. The van der Waals surface area contributed by atoms with Gasteiger partial charge in [0.2, 0.25) is 5.91 Å². The van der Waals surface area contributed by atoms with E-state index in [1.807, 2.05) is 16.8 Å². The van der Waals surface area contributed by atoms with Crippen molar-refractivity contribution >= 4 is 54.3 Å². The fourth-order valence-corrected chi connectivity index (χ4v) is 8.03. The lowest BCUT2D eigenvalue weighted by Gasteiger charge is -2.28. The Hall–Kier alpha value is -0.810. The maximum atomic E-state index is 12.5. The summed E-state index contributed by atoms with van der Waals surface area (Å²) in [6.45, 7) is 1.83. The van der Waals surface area contributed by atoms with E-state index in [2.05, 4.69) is 31.1 Å². The molecule has 2 fully saturated rings. The molecule has 4 heterocycles. The van der Waals surface area contributed by atoms with Crippen LogP contribution in [0.2, 0.25) is 0 Å². The molecular formula is C17H20BrN3O3S3. The van der Waals surface area contributed by atoms with Crippen molar-refractivity contribution in [2.75, 3.05) is 24.6 Å². The third-order valence-corrected chi connectivity index (χ3v) is 9.42. The minimum absolute atomic E-state index is 0.0332. The largest absolute Gasteiger partial charge is 0.350 e. The SMILES string of the molecule is O=C(Cc1csc(-c2cc(Br)cs2)n1)NC1CS(=O)(=O)CC1N1CCCC1. The molecular weight excluding hydrogens is 470 g/mol. The van der Waals surface area contributed by atoms with Crippen LogP contribution >= 0.6 is 38.6 Å². The molecule has 0 radical (unpaired) electrons. The van der Waals surface area contributed by atoms with Crippen molar-refractivity contribution in [3.8, 4) is 9.88 Å². The van der Waals surface area contributed by atoms with Gasteiger partial charge in [0, 0.05) is 21.3 Å². The second-order valence-corrected chi connectivity index (χ2v) is 11.9. The van der Waals surface area contributed by atoms with Crippen molar-refractivity contribution in [2.24, 2.45) is 0 Å². The van der Waals surface area contributed by atoms with Crippen LogP contribution in [0, 0.1) is 0 Å². The van der Waals surface area contributed by atoms with Crippen LogP contribution in [0.15, 0.2) is 21.3 Å². The smallest absolute Gasteiger partial charge is 0.226 e. The Labute approximate surface area is 175 Å². The maximum absolute atomic E-state index is 12.5. The van der Waals surface area contributed by atoms with Gasteiger partial charge in [-0.1, -0.05) is 0 Å². The van der Waals surface area contributed by atoms with Crippen molar-refractivity contribution in [3.63, 3.8) is 0 Å². The molecule has 2 unspecified atom stereocenters. The average molecular weight is 490 g/mol. The Morgan fingerprint density at radius 1 is 1.26 bits per heavy atom. The summed E-state index contributed by atoms with van der Waals surface area (Å²) in [6, 6.07) is 1.58. The number of carbonyl (C=O) groups excluding carboxylic acids is 1. The number of thiazole rings is 1. The fraction of sp³-hybridized carbons (Fsp3) is 0.529. The number of amides is 1. The predicted molar refractivity (Wildman–Crippen MR) is 112 cm³/mol. The Morgan fingerprint density at radius 2 is 2.04 bits per heavy atom. The van der Waals surface area contributed by atoms with Gasteiger partial charge < -0.3 is 5.32 Å². The highest BCUT2D eigenvalue weighted by atomic mass is 79.9. The van der Waals surface area contributed by atoms with E-state index in [1.54, 1.807) is 11.3 Å². The highest BCUT2D eigenvalue weighted by Gasteiger charge is 2.42. The zero-order chi connectivity index (χ0) is 19.0. The Balaban J connectivity index is 1.40. The van der Waals surface area contributed by atoms with E-state index in [0.717, 1.165) is 46.0 Å². The molecule has 1 N–H and O–H groups in total. The summed E-state index contributed by atoms with van der Waals surface area (Å²) in [4.78, 5) is 20.4. The van der Waals surface area contributed by atoms with Gasteiger partial charge in [0.15, 0.2) is 9.84 Å². The molecule has 1 amide bonds. The van der Waals surface area contributed by atoms with Gasteiger partial charge in [-0.15, -0.1) is 22.7 Å². The summed E-state index contributed by atoms with van der Waals surface area (Å²) >= 11 is 6.56. The van der Waals surface area contributed by atoms with Crippen LogP contribution < -0.4 is 5.32 Å². The van der Waals surface area contributed by atoms with Crippen LogP contribution in [0.25, 0.3) is 9.88 Å². The predicted octanol–water partition coefficient (Wildman–Crippen LogP) is 2.55. The highest BCUT2D eigenvalue weighted by Crippen LogP contribution is 2.32. The Kier molecular flexibility index (Phi) is 5.71. The first-order valence-electron chi connectivity index (χ1n) is 8.82. The van der Waals surface area contributed by atoms with Crippen LogP contribution in [0.4, 0.5) is 0 Å². The van der Waals surface area contributed by atoms with Gasteiger partial charge in [-0.3, -0.25) is 9.69 Å². The van der Waals surface area contributed by atoms with E-state index in [9.17, 15) is 13.2 Å². The molecule has 27 heavy (non-hydrogen) atoms. The van der Waals surface area contributed by atoms with Crippen LogP contribution in [-0.2, 0) is 21.1 Å². The number of halogens is 1. The summed E-state index contributed by atoms with van der Waals surface area (Å²) in [5, 5.41) is 7.76. The molecule has 4 rings (SSSR count). The zero-order valence-corrected chi connectivity index (χ0v) is 18.6. The molecule has 0 saturated carbocycles. The molecule has 2 aromatic rings. The zero-order valence-electron chi connectivity index (χ0n) is 14.6. The van der Waals surface area contributed by atoms with E-state index in [-0.39, 0.29) is 35.9 Å². The van der Waals surface area contributed by atoms with E-state index in [1.165, 1.54) is 11.3 Å². The summed E-state index contributed by atoms with van der Waals surface area (Å²) in [5.74, 6) is 0.0165. The number of hydrogen-bond acceptors (Lipinski definition) is 7. The highest BCUT2D eigenvalue weighted by molar-refractivity contribution is 9.10. The minimum Gasteiger partial charge on any atom is -0.350 e. The molecule has 2 aliphatic rings. The number of thiophene rings is 1. The molecule has 146 valence electrons. The first-order valence-corrected chi connectivity index (χ1v) is 13.2.